The topological polar surface area (TPSA) is 88.4 Å². The van der Waals surface area contributed by atoms with Crippen LogP contribution in [0.5, 0.6) is 0 Å². The van der Waals surface area contributed by atoms with Gasteiger partial charge in [-0.15, -0.1) is 11.8 Å². The summed E-state index contributed by atoms with van der Waals surface area (Å²) in [7, 11) is 0. The number of nitrogens with one attached hydrogen (secondary N) is 2. The molecule has 2 aromatic rings. The molecule has 0 aliphatic rings. The van der Waals surface area contributed by atoms with Gasteiger partial charge in [0, 0.05) is 6.07 Å². The average Bonchev–Trinajstić information content (AvgIpc) is 3.29. The maximum atomic E-state index is 14.0. The summed E-state index contributed by atoms with van der Waals surface area (Å²) in [5.41, 5.74) is -0.351. The van der Waals surface area contributed by atoms with E-state index in [0.717, 1.165) is 30.7 Å². The van der Waals surface area contributed by atoms with Crippen molar-refractivity contribution in [3.63, 3.8) is 0 Å². The van der Waals surface area contributed by atoms with Gasteiger partial charge in [0.15, 0.2) is 5.78 Å². The molecule has 34 heavy (non-hydrogen) atoms. The molecule has 0 saturated carbocycles. The monoisotopic (exact) mass is 494 g/mol. The van der Waals surface area contributed by atoms with Gasteiger partial charge in [0.05, 0.1) is 29.4 Å². The minimum Gasteiger partial charge on any atom is -0.468 e. The summed E-state index contributed by atoms with van der Waals surface area (Å²) in [4.78, 5) is 38.5. The number of furan rings is 1. The van der Waals surface area contributed by atoms with Crippen molar-refractivity contribution < 1.29 is 27.6 Å². The molecule has 1 aromatic heterocycles. The first-order chi connectivity index (χ1) is 16.2. The number of Topliss-reactive ketones (excluding diaryl/α,β-unsaturated/α-hetero) is 1. The van der Waals surface area contributed by atoms with E-state index in [1.165, 1.54) is 11.8 Å². The normalized spacial score (nSPS) is 12.9. The molecule has 2 atom stereocenters. The molecule has 0 aliphatic heterocycles. The Kier molecular flexibility index (Phi) is 11.3. The Morgan fingerprint density at radius 3 is 2.47 bits per heavy atom. The Balaban J connectivity index is 2.05. The predicted octanol–water partition coefficient (Wildman–Crippen LogP) is 4.88. The van der Waals surface area contributed by atoms with E-state index in [1.54, 1.807) is 12.3 Å². The molecule has 2 N–H and O–H groups in total. The minimum atomic E-state index is -1.01. The smallest absolute Gasteiger partial charge is 0.254 e. The lowest BCUT2D eigenvalue weighted by atomic mass is 10.0. The molecule has 0 spiro atoms. The fraction of sp³-hybridized carbons (Fsp3) is 0.480. The number of carbonyl (C=O) groups excluding carboxylic acids is 3. The standard InChI is InChI=1S/C25H32F2N2O4S/c1-4-5-8-21(23(30)15-34-14-18-7-6-11-33-18)28-25(32)22(12-16(2)3)29-24(31)19-10-9-17(26)13-20(19)27/h6-7,9-11,13,16,21-22H,4-5,8,12,14-15H2,1-3H3,(H,28,32)(H,29,31). The van der Waals surface area contributed by atoms with Crippen molar-refractivity contribution in [1.82, 2.24) is 10.6 Å². The first-order valence-corrected chi connectivity index (χ1v) is 12.6. The number of hydrogen-bond donors (Lipinski definition) is 2. The van der Waals surface area contributed by atoms with Crippen LogP contribution in [0.15, 0.2) is 41.0 Å². The first kappa shape index (κ1) is 27.6. The highest BCUT2D eigenvalue weighted by Gasteiger charge is 2.28. The van der Waals surface area contributed by atoms with Crippen LogP contribution in [-0.4, -0.2) is 35.4 Å². The summed E-state index contributed by atoms with van der Waals surface area (Å²) < 4.78 is 32.5. The summed E-state index contributed by atoms with van der Waals surface area (Å²) in [6.07, 6.45) is 3.96. The third kappa shape index (κ3) is 8.93. The molecule has 0 fully saturated rings. The van der Waals surface area contributed by atoms with Crippen LogP contribution in [0.4, 0.5) is 8.78 Å². The Morgan fingerprint density at radius 2 is 1.85 bits per heavy atom. The van der Waals surface area contributed by atoms with Gasteiger partial charge >= 0.3 is 0 Å². The van der Waals surface area contributed by atoms with Crippen LogP contribution >= 0.6 is 11.8 Å². The van der Waals surface area contributed by atoms with Crippen molar-refractivity contribution in [2.24, 2.45) is 5.92 Å². The van der Waals surface area contributed by atoms with Crippen molar-refractivity contribution in [3.8, 4) is 0 Å². The Morgan fingerprint density at radius 1 is 1.09 bits per heavy atom. The number of benzene rings is 1. The number of carbonyl (C=O) groups is 3. The van der Waals surface area contributed by atoms with Crippen LogP contribution in [0.1, 0.15) is 62.6 Å². The Hall–Kier alpha value is -2.68. The number of ketones is 1. The van der Waals surface area contributed by atoms with Gasteiger partial charge in [-0.3, -0.25) is 14.4 Å². The lowest BCUT2D eigenvalue weighted by Crippen LogP contribution is -2.52. The van der Waals surface area contributed by atoms with Crippen LogP contribution in [0.3, 0.4) is 0 Å². The lowest BCUT2D eigenvalue weighted by Gasteiger charge is -2.24. The van der Waals surface area contributed by atoms with E-state index in [0.29, 0.717) is 24.7 Å². The molecule has 0 radical (unpaired) electrons. The van der Waals surface area contributed by atoms with Crippen molar-refractivity contribution in [3.05, 3.63) is 59.6 Å². The molecular formula is C25H32F2N2O4S. The summed E-state index contributed by atoms with van der Waals surface area (Å²) in [5.74, 6) is -1.68. The zero-order valence-electron chi connectivity index (χ0n) is 19.7. The number of hydrogen-bond acceptors (Lipinski definition) is 5. The van der Waals surface area contributed by atoms with Gasteiger partial charge in [-0.1, -0.05) is 33.6 Å². The number of amides is 2. The number of unbranched alkanes of at least 4 members (excludes halogenated alkanes) is 1. The van der Waals surface area contributed by atoms with Gasteiger partial charge in [0.25, 0.3) is 5.91 Å². The summed E-state index contributed by atoms with van der Waals surface area (Å²) in [6.45, 7) is 5.76. The molecule has 1 heterocycles. The molecule has 2 unspecified atom stereocenters. The lowest BCUT2D eigenvalue weighted by molar-refractivity contribution is -0.128. The third-order valence-corrected chi connectivity index (χ3v) is 6.10. The van der Waals surface area contributed by atoms with Gasteiger partial charge in [-0.2, -0.15) is 0 Å². The molecule has 2 amide bonds. The summed E-state index contributed by atoms with van der Waals surface area (Å²) >= 11 is 1.40. The van der Waals surface area contributed by atoms with Crippen molar-refractivity contribution in [1.29, 1.82) is 0 Å². The summed E-state index contributed by atoms with van der Waals surface area (Å²) in [5, 5.41) is 5.33. The van der Waals surface area contributed by atoms with Gasteiger partial charge in [-0.25, -0.2) is 8.78 Å². The number of rotatable bonds is 14. The average molecular weight is 495 g/mol. The van der Waals surface area contributed by atoms with Crippen LogP contribution in [0, 0.1) is 17.6 Å². The van der Waals surface area contributed by atoms with Crippen molar-refractivity contribution >= 4 is 29.4 Å². The second-order valence-electron chi connectivity index (χ2n) is 8.52. The molecule has 1 aromatic carbocycles. The summed E-state index contributed by atoms with van der Waals surface area (Å²) in [6, 6.07) is 4.59. The number of halogens is 2. The quantitative estimate of drug-likeness (QED) is 0.391. The van der Waals surface area contributed by atoms with Gasteiger partial charge < -0.3 is 15.1 Å². The maximum absolute atomic E-state index is 14.0. The Labute approximate surface area is 203 Å². The van der Waals surface area contributed by atoms with Gasteiger partial charge in [0.1, 0.15) is 23.4 Å². The van der Waals surface area contributed by atoms with E-state index in [1.807, 2.05) is 26.8 Å². The van der Waals surface area contributed by atoms with E-state index in [4.69, 9.17) is 4.42 Å². The van der Waals surface area contributed by atoms with E-state index in [2.05, 4.69) is 10.6 Å². The Bertz CT molecular complexity index is 950. The minimum absolute atomic E-state index is 0.0442. The van der Waals surface area contributed by atoms with E-state index in [9.17, 15) is 23.2 Å². The van der Waals surface area contributed by atoms with Crippen LogP contribution < -0.4 is 10.6 Å². The van der Waals surface area contributed by atoms with Gasteiger partial charge in [0.2, 0.25) is 5.91 Å². The van der Waals surface area contributed by atoms with Crippen molar-refractivity contribution in [2.45, 2.75) is 64.3 Å². The highest BCUT2D eigenvalue weighted by Crippen LogP contribution is 2.16. The highest BCUT2D eigenvalue weighted by molar-refractivity contribution is 7.99. The highest BCUT2D eigenvalue weighted by atomic mass is 32.2. The molecule has 0 aliphatic carbocycles. The predicted molar refractivity (Wildman–Crippen MR) is 128 cm³/mol. The number of thioether (sulfide) groups is 1. The van der Waals surface area contributed by atoms with Crippen LogP contribution in [0.25, 0.3) is 0 Å². The molecule has 9 heteroatoms. The second-order valence-corrected chi connectivity index (χ2v) is 9.51. The largest absolute Gasteiger partial charge is 0.468 e. The molecule has 186 valence electrons. The second kappa shape index (κ2) is 13.9. The molecule has 0 bridgehead atoms. The molecule has 2 rings (SSSR count). The maximum Gasteiger partial charge on any atom is 0.254 e. The fourth-order valence-corrected chi connectivity index (χ4v) is 4.22. The zero-order valence-corrected chi connectivity index (χ0v) is 20.6. The molecule has 0 saturated heterocycles. The SMILES string of the molecule is CCCCC(NC(=O)C(CC(C)C)NC(=O)c1ccc(F)cc1F)C(=O)CSCc1ccco1. The van der Waals surface area contributed by atoms with Gasteiger partial charge in [-0.05, 0) is 43.0 Å². The van der Waals surface area contributed by atoms with Crippen LogP contribution in [0.2, 0.25) is 0 Å². The van der Waals surface area contributed by atoms with E-state index in [-0.39, 0.29) is 23.0 Å². The van der Waals surface area contributed by atoms with E-state index < -0.39 is 35.5 Å². The molecular weight excluding hydrogens is 462 g/mol. The molecule has 6 nitrogen and oxygen atoms in total. The van der Waals surface area contributed by atoms with Crippen LogP contribution in [-0.2, 0) is 15.3 Å². The van der Waals surface area contributed by atoms with Crippen molar-refractivity contribution in [2.75, 3.05) is 5.75 Å². The van der Waals surface area contributed by atoms with E-state index >= 15 is 0 Å². The first-order valence-electron chi connectivity index (χ1n) is 11.4. The zero-order chi connectivity index (χ0) is 25.1. The third-order valence-electron chi connectivity index (χ3n) is 5.12. The fourth-order valence-electron chi connectivity index (χ4n) is 3.35.